The predicted molar refractivity (Wildman–Crippen MR) is 80.0 cm³/mol. The fraction of sp³-hybridized carbons (Fsp3) is 0.706. The van der Waals surface area contributed by atoms with Crippen LogP contribution in [0.1, 0.15) is 66.2 Å². The highest BCUT2D eigenvalue weighted by Gasteiger charge is 2.27. The largest absolute Gasteiger partial charge is 0.469 e. The molecule has 0 aromatic heterocycles. The van der Waals surface area contributed by atoms with Crippen LogP contribution in [0.4, 0.5) is 0 Å². The summed E-state index contributed by atoms with van der Waals surface area (Å²) in [6.45, 7) is 9.11. The minimum Gasteiger partial charge on any atom is -0.469 e. The van der Waals surface area contributed by atoms with E-state index < -0.39 is 0 Å². The van der Waals surface area contributed by atoms with E-state index in [1.165, 1.54) is 31.9 Å². The van der Waals surface area contributed by atoms with Gasteiger partial charge in [-0.1, -0.05) is 36.6 Å². The van der Waals surface area contributed by atoms with E-state index in [2.05, 4.69) is 32.4 Å². The van der Waals surface area contributed by atoms with E-state index in [1.54, 1.807) is 11.1 Å². The van der Waals surface area contributed by atoms with Crippen LogP contribution in [0.5, 0.6) is 0 Å². The molecule has 0 N–H and O–H groups in total. The second-order valence-electron chi connectivity index (χ2n) is 6.33. The van der Waals surface area contributed by atoms with E-state index >= 15 is 0 Å². The van der Waals surface area contributed by atoms with Gasteiger partial charge in [0.1, 0.15) is 0 Å². The van der Waals surface area contributed by atoms with E-state index in [4.69, 9.17) is 0 Å². The molecule has 108 valence electrons. The highest BCUT2D eigenvalue weighted by Crippen LogP contribution is 2.42. The van der Waals surface area contributed by atoms with Crippen LogP contribution in [0.2, 0.25) is 0 Å². The molecule has 1 aliphatic rings. The number of hydrogen-bond acceptors (Lipinski definition) is 2. The second-order valence-corrected chi connectivity index (χ2v) is 6.33. The van der Waals surface area contributed by atoms with Crippen LogP contribution in [0, 0.1) is 5.41 Å². The first-order valence-electron chi connectivity index (χ1n) is 7.28. The van der Waals surface area contributed by atoms with Gasteiger partial charge in [0.15, 0.2) is 0 Å². The van der Waals surface area contributed by atoms with Crippen molar-refractivity contribution in [3.05, 3.63) is 22.8 Å². The third kappa shape index (κ3) is 4.85. The standard InChI is InChI=1S/C17H28O2/c1-13(9-11-16(18)19-5)8-10-15-14(2)7-6-12-17(15,3)4/h9H,6-8,10-12H2,1-5H3/b13-9-. The van der Waals surface area contributed by atoms with Gasteiger partial charge in [-0.05, 0) is 51.4 Å². The molecule has 0 spiro atoms. The number of carbonyl (C=O) groups is 1. The highest BCUT2D eigenvalue weighted by molar-refractivity contribution is 5.71. The van der Waals surface area contributed by atoms with E-state index in [9.17, 15) is 4.79 Å². The van der Waals surface area contributed by atoms with Gasteiger partial charge in [0, 0.05) is 0 Å². The number of allylic oxidation sites excluding steroid dienone is 3. The molecule has 0 aliphatic heterocycles. The Kier molecular flexibility index (Phi) is 5.84. The molecule has 0 heterocycles. The molecule has 0 aromatic carbocycles. The van der Waals surface area contributed by atoms with Crippen LogP contribution in [-0.4, -0.2) is 13.1 Å². The Morgan fingerprint density at radius 1 is 1.42 bits per heavy atom. The van der Waals surface area contributed by atoms with Crippen molar-refractivity contribution in [2.24, 2.45) is 5.41 Å². The monoisotopic (exact) mass is 264 g/mol. The Labute approximate surface area is 117 Å². The fourth-order valence-electron chi connectivity index (χ4n) is 2.99. The van der Waals surface area contributed by atoms with Gasteiger partial charge in [-0.3, -0.25) is 4.79 Å². The van der Waals surface area contributed by atoms with Crippen LogP contribution in [0.15, 0.2) is 22.8 Å². The molecule has 0 fully saturated rings. The normalized spacial score (nSPS) is 19.5. The summed E-state index contributed by atoms with van der Waals surface area (Å²) in [5.74, 6) is -0.159. The molecule has 1 rings (SSSR count). The summed E-state index contributed by atoms with van der Waals surface area (Å²) < 4.78 is 4.65. The van der Waals surface area contributed by atoms with Crippen molar-refractivity contribution >= 4 is 5.97 Å². The maximum atomic E-state index is 11.1. The number of hydrogen-bond donors (Lipinski definition) is 0. The summed E-state index contributed by atoms with van der Waals surface area (Å²) in [4.78, 5) is 11.1. The SMILES string of the molecule is COC(=O)C/C=C(/C)CCC1=C(C)CCCC1(C)C. The van der Waals surface area contributed by atoms with Crippen LogP contribution < -0.4 is 0 Å². The molecule has 1 aliphatic carbocycles. The molecule has 0 saturated heterocycles. The molecule has 0 amide bonds. The van der Waals surface area contributed by atoms with Crippen molar-refractivity contribution in [2.75, 3.05) is 7.11 Å². The van der Waals surface area contributed by atoms with Crippen molar-refractivity contribution in [1.82, 2.24) is 0 Å². The summed E-state index contributed by atoms with van der Waals surface area (Å²) in [6.07, 6.45) is 8.44. The van der Waals surface area contributed by atoms with Crippen LogP contribution in [0.25, 0.3) is 0 Å². The van der Waals surface area contributed by atoms with Gasteiger partial charge < -0.3 is 4.74 Å². The lowest BCUT2D eigenvalue weighted by Crippen LogP contribution is -2.20. The summed E-state index contributed by atoms with van der Waals surface area (Å²) in [7, 11) is 1.43. The summed E-state index contributed by atoms with van der Waals surface area (Å²) in [6, 6.07) is 0. The smallest absolute Gasteiger partial charge is 0.309 e. The number of ether oxygens (including phenoxy) is 1. The molecule has 19 heavy (non-hydrogen) atoms. The predicted octanol–water partition coefficient (Wildman–Crippen LogP) is 4.80. The molecule has 0 unspecified atom stereocenters. The van der Waals surface area contributed by atoms with Gasteiger partial charge in [0.05, 0.1) is 13.5 Å². The first-order chi connectivity index (χ1) is 8.86. The number of methoxy groups -OCH3 is 1. The molecule has 0 saturated carbocycles. The number of carbonyl (C=O) groups excluding carboxylic acids is 1. The second kappa shape index (κ2) is 6.93. The summed E-state index contributed by atoms with van der Waals surface area (Å²) in [5.41, 5.74) is 4.85. The van der Waals surface area contributed by atoms with Gasteiger partial charge in [-0.15, -0.1) is 0 Å². The molecule has 2 nitrogen and oxygen atoms in total. The molecular weight excluding hydrogens is 236 g/mol. The first kappa shape index (κ1) is 16.0. The van der Waals surface area contributed by atoms with E-state index in [0.29, 0.717) is 11.8 Å². The van der Waals surface area contributed by atoms with Gasteiger partial charge >= 0.3 is 5.97 Å². The highest BCUT2D eigenvalue weighted by atomic mass is 16.5. The topological polar surface area (TPSA) is 26.3 Å². The van der Waals surface area contributed by atoms with Gasteiger partial charge in [0.2, 0.25) is 0 Å². The molecule has 2 heteroatoms. The summed E-state index contributed by atoms with van der Waals surface area (Å²) in [5, 5.41) is 0. The van der Waals surface area contributed by atoms with Crippen molar-refractivity contribution in [3.63, 3.8) is 0 Å². The Morgan fingerprint density at radius 3 is 2.68 bits per heavy atom. The zero-order valence-corrected chi connectivity index (χ0v) is 13.1. The zero-order chi connectivity index (χ0) is 14.5. The average molecular weight is 264 g/mol. The first-order valence-corrected chi connectivity index (χ1v) is 7.28. The maximum Gasteiger partial charge on any atom is 0.309 e. The lowest BCUT2D eigenvalue weighted by molar-refractivity contribution is -0.139. The van der Waals surface area contributed by atoms with Crippen molar-refractivity contribution < 1.29 is 9.53 Å². The quantitative estimate of drug-likeness (QED) is 0.526. The lowest BCUT2D eigenvalue weighted by atomic mass is 9.71. The minimum absolute atomic E-state index is 0.159. The third-order valence-electron chi connectivity index (χ3n) is 4.30. The summed E-state index contributed by atoms with van der Waals surface area (Å²) >= 11 is 0. The number of rotatable bonds is 5. The van der Waals surface area contributed by atoms with E-state index in [-0.39, 0.29) is 5.97 Å². The van der Waals surface area contributed by atoms with Crippen molar-refractivity contribution in [3.8, 4) is 0 Å². The lowest BCUT2D eigenvalue weighted by Gasteiger charge is -2.34. The third-order valence-corrected chi connectivity index (χ3v) is 4.30. The van der Waals surface area contributed by atoms with Gasteiger partial charge in [-0.25, -0.2) is 0 Å². The Hall–Kier alpha value is -1.05. The van der Waals surface area contributed by atoms with E-state index in [1.807, 2.05) is 6.08 Å². The molecular formula is C17H28O2. The van der Waals surface area contributed by atoms with Crippen molar-refractivity contribution in [2.45, 2.75) is 66.2 Å². The van der Waals surface area contributed by atoms with Crippen LogP contribution in [-0.2, 0) is 9.53 Å². The van der Waals surface area contributed by atoms with Crippen LogP contribution >= 0.6 is 0 Å². The Bertz CT molecular complexity index is 386. The van der Waals surface area contributed by atoms with Crippen LogP contribution in [0.3, 0.4) is 0 Å². The zero-order valence-electron chi connectivity index (χ0n) is 13.1. The van der Waals surface area contributed by atoms with E-state index in [0.717, 1.165) is 12.8 Å². The Morgan fingerprint density at radius 2 is 2.11 bits per heavy atom. The maximum absolute atomic E-state index is 11.1. The average Bonchev–Trinajstić information content (AvgIpc) is 2.34. The minimum atomic E-state index is -0.159. The molecule has 0 atom stereocenters. The molecule has 0 aromatic rings. The fourth-order valence-corrected chi connectivity index (χ4v) is 2.99. The van der Waals surface area contributed by atoms with Crippen molar-refractivity contribution in [1.29, 1.82) is 0 Å². The van der Waals surface area contributed by atoms with Gasteiger partial charge in [-0.2, -0.15) is 0 Å². The Balaban J connectivity index is 2.58. The number of esters is 1. The molecule has 0 bridgehead atoms. The molecule has 0 radical (unpaired) electrons. The van der Waals surface area contributed by atoms with Gasteiger partial charge in [0.25, 0.3) is 0 Å².